The lowest BCUT2D eigenvalue weighted by Gasteiger charge is -2.39. The first-order chi connectivity index (χ1) is 9.13. The summed E-state index contributed by atoms with van der Waals surface area (Å²) in [5, 5.41) is 9.22. The fraction of sp³-hybridized carbons (Fsp3) is 0.929. The first-order valence-corrected chi connectivity index (χ1v) is 7.39. The highest BCUT2D eigenvalue weighted by atomic mass is 16.5. The number of hydrogen-bond donors (Lipinski definition) is 2. The lowest BCUT2D eigenvalue weighted by atomic mass is 9.80. The standard InChI is InChI=1S/C14H26N2O3/c1-10-7-16(8-13(9-17)19-10)14(18)12-4-2-3-11(5-12)6-15/h10-13,17H,2-9,15H2,1H3. The van der Waals surface area contributed by atoms with Gasteiger partial charge in [0.2, 0.25) is 5.91 Å². The third kappa shape index (κ3) is 3.68. The SMILES string of the molecule is CC1CN(C(=O)C2CCCC(CN)C2)CC(CO)O1. The van der Waals surface area contributed by atoms with Crippen molar-refractivity contribution in [3.63, 3.8) is 0 Å². The van der Waals surface area contributed by atoms with Crippen molar-refractivity contribution in [3.05, 3.63) is 0 Å². The van der Waals surface area contributed by atoms with Crippen LogP contribution >= 0.6 is 0 Å². The fourth-order valence-electron chi connectivity index (χ4n) is 3.31. The normalized spacial score (nSPS) is 36.3. The minimum Gasteiger partial charge on any atom is -0.394 e. The van der Waals surface area contributed by atoms with Gasteiger partial charge in [-0.2, -0.15) is 0 Å². The minimum atomic E-state index is -0.235. The van der Waals surface area contributed by atoms with Crippen LogP contribution in [0.2, 0.25) is 0 Å². The van der Waals surface area contributed by atoms with Crippen LogP contribution in [0.5, 0.6) is 0 Å². The number of amides is 1. The van der Waals surface area contributed by atoms with Crippen molar-refractivity contribution in [1.82, 2.24) is 4.90 Å². The lowest BCUT2D eigenvalue weighted by molar-refractivity contribution is -0.152. The molecule has 0 bridgehead atoms. The first kappa shape index (κ1) is 14.8. The Kier molecular flexibility index (Phi) is 5.19. The predicted molar refractivity (Wildman–Crippen MR) is 72.5 cm³/mol. The number of ether oxygens (including phenoxy) is 1. The largest absolute Gasteiger partial charge is 0.394 e. The maximum Gasteiger partial charge on any atom is 0.225 e. The lowest BCUT2D eigenvalue weighted by Crippen LogP contribution is -2.52. The van der Waals surface area contributed by atoms with E-state index in [9.17, 15) is 9.90 Å². The van der Waals surface area contributed by atoms with Crippen molar-refractivity contribution < 1.29 is 14.6 Å². The van der Waals surface area contributed by atoms with Crippen LogP contribution in [0.3, 0.4) is 0 Å². The highest BCUT2D eigenvalue weighted by Gasteiger charge is 2.34. The van der Waals surface area contributed by atoms with Gasteiger partial charge in [-0.05, 0) is 38.6 Å². The van der Waals surface area contributed by atoms with Crippen LogP contribution < -0.4 is 5.73 Å². The van der Waals surface area contributed by atoms with Gasteiger partial charge in [0.25, 0.3) is 0 Å². The molecule has 0 spiro atoms. The Bertz CT molecular complexity index is 311. The molecule has 1 saturated carbocycles. The number of aliphatic hydroxyl groups excluding tert-OH is 1. The molecule has 1 amide bonds. The molecular weight excluding hydrogens is 244 g/mol. The van der Waals surface area contributed by atoms with Crippen LogP contribution in [0.1, 0.15) is 32.6 Å². The van der Waals surface area contributed by atoms with Crippen LogP contribution in [-0.4, -0.2) is 54.4 Å². The van der Waals surface area contributed by atoms with Gasteiger partial charge in [0.1, 0.15) is 0 Å². The zero-order valence-corrected chi connectivity index (χ0v) is 11.8. The van der Waals surface area contributed by atoms with E-state index < -0.39 is 0 Å². The van der Waals surface area contributed by atoms with E-state index in [0.29, 0.717) is 25.6 Å². The number of rotatable bonds is 3. The quantitative estimate of drug-likeness (QED) is 0.776. The van der Waals surface area contributed by atoms with Crippen LogP contribution in [0.25, 0.3) is 0 Å². The number of nitrogens with zero attached hydrogens (tertiary/aromatic N) is 1. The number of nitrogens with two attached hydrogens (primary N) is 1. The summed E-state index contributed by atoms with van der Waals surface area (Å²) >= 11 is 0. The number of morpholine rings is 1. The molecule has 0 radical (unpaired) electrons. The summed E-state index contributed by atoms with van der Waals surface area (Å²) in [6.45, 7) is 3.76. The Balaban J connectivity index is 1.94. The van der Waals surface area contributed by atoms with Gasteiger partial charge in [-0.1, -0.05) is 6.42 Å². The summed E-state index contributed by atoms with van der Waals surface area (Å²) in [6.07, 6.45) is 3.92. The zero-order chi connectivity index (χ0) is 13.8. The first-order valence-electron chi connectivity index (χ1n) is 7.39. The molecule has 2 aliphatic rings. The van der Waals surface area contributed by atoms with Gasteiger partial charge in [-0.25, -0.2) is 0 Å². The maximum atomic E-state index is 12.6. The highest BCUT2D eigenvalue weighted by Crippen LogP contribution is 2.30. The Morgan fingerprint density at radius 2 is 2.21 bits per heavy atom. The number of hydrogen-bond acceptors (Lipinski definition) is 4. The van der Waals surface area contributed by atoms with E-state index in [1.54, 1.807) is 0 Å². The average Bonchev–Trinajstić information content (AvgIpc) is 2.45. The summed E-state index contributed by atoms with van der Waals surface area (Å²) < 4.78 is 5.58. The minimum absolute atomic E-state index is 0.00347. The summed E-state index contributed by atoms with van der Waals surface area (Å²) in [5.74, 6) is 0.841. The third-order valence-corrected chi connectivity index (χ3v) is 4.31. The van der Waals surface area contributed by atoms with E-state index in [0.717, 1.165) is 25.7 Å². The molecule has 2 fully saturated rings. The summed E-state index contributed by atoms with van der Waals surface area (Å²) in [7, 11) is 0. The molecular formula is C14H26N2O3. The molecule has 5 heteroatoms. The molecule has 0 aromatic carbocycles. The van der Waals surface area contributed by atoms with Gasteiger partial charge in [0.05, 0.1) is 18.8 Å². The van der Waals surface area contributed by atoms with Crippen molar-refractivity contribution in [2.45, 2.75) is 44.8 Å². The molecule has 4 unspecified atom stereocenters. The summed E-state index contributed by atoms with van der Waals surface area (Å²) in [5.41, 5.74) is 5.73. The van der Waals surface area contributed by atoms with E-state index in [4.69, 9.17) is 10.5 Å². The van der Waals surface area contributed by atoms with E-state index in [1.165, 1.54) is 0 Å². The molecule has 0 aromatic heterocycles. The average molecular weight is 270 g/mol. The maximum absolute atomic E-state index is 12.6. The molecule has 1 aliphatic carbocycles. The molecule has 5 nitrogen and oxygen atoms in total. The van der Waals surface area contributed by atoms with Gasteiger partial charge in [0.15, 0.2) is 0 Å². The Morgan fingerprint density at radius 3 is 2.89 bits per heavy atom. The van der Waals surface area contributed by atoms with E-state index >= 15 is 0 Å². The molecule has 1 aliphatic heterocycles. The number of carbonyl (C=O) groups is 1. The van der Waals surface area contributed by atoms with Crippen LogP contribution in [0.4, 0.5) is 0 Å². The zero-order valence-electron chi connectivity index (χ0n) is 11.8. The molecule has 3 N–H and O–H groups in total. The van der Waals surface area contributed by atoms with Crippen LogP contribution in [0.15, 0.2) is 0 Å². The molecule has 2 rings (SSSR count). The highest BCUT2D eigenvalue weighted by molar-refractivity contribution is 5.79. The Hall–Kier alpha value is -0.650. The molecule has 4 atom stereocenters. The van der Waals surface area contributed by atoms with Gasteiger partial charge in [-0.3, -0.25) is 4.79 Å². The summed E-state index contributed by atoms with van der Waals surface area (Å²) in [4.78, 5) is 14.4. The Morgan fingerprint density at radius 1 is 1.42 bits per heavy atom. The van der Waals surface area contributed by atoms with E-state index in [1.807, 2.05) is 11.8 Å². The second-order valence-electron chi connectivity index (χ2n) is 5.96. The second kappa shape index (κ2) is 6.68. The van der Waals surface area contributed by atoms with Crippen molar-refractivity contribution in [1.29, 1.82) is 0 Å². The smallest absolute Gasteiger partial charge is 0.225 e. The van der Waals surface area contributed by atoms with Crippen LogP contribution in [-0.2, 0) is 9.53 Å². The van der Waals surface area contributed by atoms with Crippen molar-refractivity contribution in [2.24, 2.45) is 17.6 Å². The molecule has 1 saturated heterocycles. The molecule has 110 valence electrons. The number of carbonyl (C=O) groups excluding carboxylic acids is 1. The van der Waals surface area contributed by atoms with Gasteiger partial charge < -0.3 is 20.5 Å². The van der Waals surface area contributed by atoms with Crippen molar-refractivity contribution in [3.8, 4) is 0 Å². The summed E-state index contributed by atoms with van der Waals surface area (Å²) in [6, 6.07) is 0. The molecule has 19 heavy (non-hydrogen) atoms. The van der Waals surface area contributed by atoms with Gasteiger partial charge in [0, 0.05) is 19.0 Å². The third-order valence-electron chi connectivity index (χ3n) is 4.31. The van der Waals surface area contributed by atoms with Gasteiger partial charge in [-0.15, -0.1) is 0 Å². The van der Waals surface area contributed by atoms with Gasteiger partial charge >= 0.3 is 0 Å². The Labute approximate surface area is 115 Å². The fourth-order valence-corrected chi connectivity index (χ4v) is 3.31. The topological polar surface area (TPSA) is 75.8 Å². The second-order valence-corrected chi connectivity index (χ2v) is 5.96. The van der Waals surface area contributed by atoms with E-state index in [2.05, 4.69) is 0 Å². The van der Waals surface area contributed by atoms with E-state index in [-0.39, 0.29) is 30.6 Å². The van der Waals surface area contributed by atoms with Crippen molar-refractivity contribution >= 4 is 5.91 Å². The molecule has 0 aromatic rings. The number of aliphatic hydroxyl groups is 1. The van der Waals surface area contributed by atoms with Crippen LogP contribution in [0, 0.1) is 11.8 Å². The molecule has 1 heterocycles. The predicted octanol–water partition coefficient (Wildman–Crippen LogP) is 0.360. The monoisotopic (exact) mass is 270 g/mol. The van der Waals surface area contributed by atoms with Crippen molar-refractivity contribution in [2.75, 3.05) is 26.2 Å².